The molecule has 6 nitrogen and oxygen atoms in total. The normalized spacial score (nSPS) is 24.8. The third kappa shape index (κ3) is 3.91. The molecular formula is C24H32NO5. The van der Waals surface area contributed by atoms with Gasteiger partial charge in [-0.15, -0.1) is 10.3 Å². The fourth-order valence-electron chi connectivity index (χ4n) is 4.49. The monoisotopic (exact) mass is 414 g/mol. The fourth-order valence-corrected chi connectivity index (χ4v) is 4.49. The minimum absolute atomic E-state index is 0.411. The topological polar surface area (TPSA) is 60.1 Å². The molecule has 0 bridgehead atoms. The molecular weight excluding hydrogens is 382 g/mol. The standard InChI is InChI=1S/C24H32NO5/c1-23(19-11-7-17(8-12-19)21(27-3)28-4)15-16-24(2,25(23)26)20-13-9-18(10-14-20)22(29-5)30-6/h7-14,21-22H,15-16H2,1-6H3/t23-,24-/m0/s1. The average molecular weight is 415 g/mol. The number of rotatable bonds is 8. The SMILES string of the molecule is COC(OC)c1ccc([C@]2(C)CC[C@@](C)(c3ccc(C(OC)OC)cc3)N2[O])cc1. The summed E-state index contributed by atoms with van der Waals surface area (Å²) in [7, 11) is 6.44. The molecule has 1 fully saturated rings. The Bertz CT molecular complexity index is 747. The lowest BCUT2D eigenvalue weighted by Gasteiger charge is -2.37. The predicted octanol–water partition coefficient (Wildman–Crippen LogP) is 4.84. The van der Waals surface area contributed by atoms with Gasteiger partial charge in [-0.1, -0.05) is 48.5 Å². The van der Waals surface area contributed by atoms with Crippen molar-refractivity contribution in [1.29, 1.82) is 0 Å². The maximum atomic E-state index is 13.6. The second-order valence-corrected chi connectivity index (χ2v) is 8.19. The summed E-state index contributed by atoms with van der Waals surface area (Å²) in [6.45, 7) is 4.04. The molecule has 0 amide bonds. The Hall–Kier alpha value is -1.80. The van der Waals surface area contributed by atoms with Crippen LogP contribution in [0.2, 0.25) is 0 Å². The Kier molecular flexibility index (Phi) is 6.97. The molecule has 0 saturated carbocycles. The van der Waals surface area contributed by atoms with E-state index in [-0.39, 0.29) is 0 Å². The Labute approximate surface area is 179 Å². The highest BCUT2D eigenvalue weighted by Crippen LogP contribution is 2.51. The zero-order valence-electron chi connectivity index (χ0n) is 18.7. The lowest BCUT2D eigenvalue weighted by Crippen LogP contribution is -2.44. The van der Waals surface area contributed by atoms with Gasteiger partial charge >= 0.3 is 0 Å². The summed E-state index contributed by atoms with van der Waals surface area (Å²) >= 11 is 0. The maximum Gasteiger partial charge on any atom is 0.183 e. The molecule has 1 heterocycles. The Morgan fingerprint density at radius 2 is 0.967 bits per heavy atom. The number of nitrogens with zero attached hydrogens (tertiary/aromatic N) is 1. The third-order valence-electron chi connectivity index (χ3n) is 6.46. The highest BCUT2D eigenvalue weighted by atomic mass is 16.7. The lowest BCUT2D eigenvalue weighted by atomic mass is 9.88. The highest BCUT2D eigenvalue weighted by Gasteiger charge is 2.52. The van der Waals surface area contributed by atoms with Gasteiger partial charge in [0.1, 0.15) is 0 Å². The molecule has 1 aliphatic rings. The van der Waals surface area contributed by atoms with Crippen LogP contribution in [0.15, 0.2) is 48.5 Å². The smallest absolute Gasteiger partial charge is 0.183 e. The summed E-state index contributed by atoms with van der Waals surface area (Å²) in [5, 5.41) is 14.9. The molecule has 30 heavy (non-hydrogen) atoms. The maximum absolute atomic E-state index is 13.6. The van der Waals surface area contributed by atoms with E-state index < -0.39 is 23.7 Å². The van der Waals surface area contributed by atoms with Gasteiger partial charge in [-0.2, -0.15) is 0 Å². The molecule has 1 aliphatic heterocycles. The number of ether oxygens (including phenoxy) is 4. The van der Waals surface area contributed by atoms with E-state index in [4.69, 9.17) is 18.9 Å². The summed E-state index contributed by atoms with van der Waals surface area (Å²) < 4.78 is 21.3. The van der Waals surface area contributed by atoms with Crippen molar-refractivity contribution in [3.8, 4) is 0 Å². The molecule has 0 aliphatic carbocycles. The summed E-state index contributed by atoms with van der Waals surface area (Å²) in [4.78, 5) is 0. The first-order valence-corrected chi connectivity index (χ1v) is 10.1. The Balaban J connectivity index is 1.85. The minimum atomic E-state index is -0.608. The predicted molar refractivity (Wildman–Crippen MR) is 113 cm³/mol. The molecule has 6 heteroatoms. The van der Waals surface area contributed by atoms with Gasteiger partial charge in [0, 0.05) is 39.6 Å². The molecule has 163 valence electrons. The minimum Gasteiger partial charge on any atom is -0.352 e. The van der Waals surface area contributed by atoms with E-state index in [0.29, 0.717) is 0 Å². The van der Waals surface area contributed by atoms with Crippen LogP contribution >= 0.6 is 0 Å². The van der Waals surface area contributed by atoms with Gasteiger partial charge in [0.25, 0.3) is 0 Å². The Morgan fingerprint density at radius 1 is 0.667 bits per heavy atom. The quantitative estimate of drug-likeness (QED) is 0.579. The van der Waals surface area contributed by atoms with E-state index in [1.54, 1.807) is 28.4 Å². The fraction of sp³-hybridized carbons (Fsp3) is 0.500. The van der Waals surface area contributed by atoms with Gasteiger partial charge in [0.2, 0.25) is 0 Å². The van der Waals surface area contributed by atoms with Crippen molar-refractivity contribution >= 4 is 0 Å². The molecule has 0 N–H and O–H groups in total. The van der Waals surface area contributed by atoms with Crippen molar-refractivity contribution in [3.63, 3.8) is 0 Å². The summed E-state index contributed by atoms with van der Waals surface area (Å²) in [6.07, 6.45) is 0.714. The number of hydrogen-bond acceptors (Lipinski definition) is 5. The van der Waals surface area contributed by atoms with Crippen molar-refractivity contribution in [3.05, 3.63) is 70.8 Å². The van der Waals surface area contributed by atoms with E-state index >= 15 is 0 Å². The number of methoxy groups -OCH3 is 4. The van der Waals surface area contributed by atoms with Crippen molar-refractivity contribution in [2.24, 2.45) is 0 Å². The van der Waals surface area contributed by atoms with E-state index in [0.717, 1.165) is 35.1 Å². The first kappa shape index (κ1) is 22.9. The van der Waals surface area contributed by atoms with E-state index in [9.17, 15) is 5.21 Å². The van der Waals surface area contributed by atoms with Crippen LogP contribution in [0.5, 0.6) is 0 Å². The summed E-state index contributed by atoms with van der Waals surface area (Å²) in [5.41, 5.74) is 2.61. The molecule has 2 aromatic carbocycles. The molecule has 1 radical (unpaired) electrons. The van der Waals surface area contributed by atoms with Gasteiger partial charge in [-0.3, -0.25) is 0 Å². The van der Waals surface area contributed by atoms with Crippen molar-refractivity contribution in [1.82, 2.24) is 5.06 Å². The van der Waals surface area contributed by atoms with E-state index in [1.807, 2.05) is 62.4 Å². The second kappa shape index (κ2) is 9.14. The first-order chi connectivity index (χ1) is 14.3. The van der Waals surface area contributed by atoms with Crippen LogP contribution in [0.25, 0.3) is 0 Å². The molecule has 2 aromatic rings. The van der Waals surface area contributed by atoms with Crippen LogP contribution < -0.4 is 0 Å². The average Bonchev–Trinajstić information content (AvgIpc) is 3.02. The first-order valence-electron chi connectivity index (χ1n) is 10.1. The van der Waals surface area contributed by atoms with Crippen LogP contribution in [0.1, 0.15) is 61.5 Å². The third-order valence-corrected chi connectivity index (χ3v) is 6.46. The largest absolute Gasteiger partial charge is 0.352 e. The van der Waals surface area contributed by atoms with Crippen LogP contribution in [0, 0.1) is 0 Å². The molecule has 1 saturated heterocycles. The van der Waals surface area contributed by atoms with Crippen LogP contribution in [-0.4, -0.2) is 33.5 Å². The van der Waals surface area contributed by atoms with Crippen LogP contribution in [0.3, 0.4) is 0 Å². The highest BCUT2D eigenvalue weighted by molar-refractivity contribution is 5.35. The zero-order valence-corrected chi connectivity index (χ0v) is 18.7. The summed E-state index contributed by atoms with van der Waals surface area (Å²) in [5.74, 6) is 0. The van der Waals surface area contributed by atoms with Crippen molar-refractivity contribution in [2.75, 3.05) is 28.4 Å². The van der Waals surface area contributed by atoms with Gasteiger partial charge in [-0.25, -0.2) is 0 Å². The zero-order chi connectivity index (χ0) is 21.9. The van der Waals surface area contributed by atoms with Crippen LogP contribution in [0.4, 0.5) is 0 Å². The number of hydrogen-bond donors (Lipinski definition) is 0. The van der Waals surface area contributed by atoms with Gasteiger partial charge < -0.3 is 18.9 Å². The molecule has 0 unspecified atom stereocenters. The lowest BCUT2D eigenvalue weighted by molar-refractivity contribution is -0.260. The van der Waals surface area contributed by atoms with Gasteiger partial charge in [0.15, 0.2) is 12.6 Å². The molecule has 0 aromatic heterocycles. The van der Waals surface area contributed by atoms with Gasteiger partial charge in [0.05, 0.1) is 11.1 Å². The van der Waals surface area contributed by atoms with Crippen molar-refractivity contribution < 1.29 is 24.2 Å². The number of benzene rings is 2. The number of hydroxylamine groups is 2. The summed E-state index contributed by atoms with van der Waals surface area (Å²) in [6, 6.07) is 15.9. The second-order valence-electron chi connectivity index (χ2n) is 8.19. The molecule has 0 spiro atoms. The molecule has 2 atom stereocenters. The van der Waals surface area contributed by atoms with E-state index in [2.05, 4.69) is 0 Å². The molecule has 3 rings (SSSR count). The van der Waals surface area contributed by atoms with E-state index in [1.165, 1.54) is 5.06 Å². The van der Waals surface area contributed by atoms with Gasteiger partial charge in [-0.05, 0) is 37.8 Å². The Morgan fingerprint density at radius 3 is 1.23 bits per heavy atom. The van der Waals surface area contributed by atoms with Crippen LogP contribution in [-0.2, 0) is 35.2 Å². The van der Waals surface area contributed by atoms with Crippen molar-refractivity contribution in [2.45, 2.75) is 50.3 Å².